The topological polar surface area (TPSA) is 52.6 Å². The molecule has 2 N–H and O–H groups in total. The molecule has 0 saturated carbocycles. The van der Waals surface area contributed by atoms with Crippen molar-refractivity contribution in [2.45, 2.75) is 32.2 Å². The summed E-state index contributed by atoms with van der Waals surface area (Å²) in [4.78, 5) is 15.1. The number of anilines is 2. The van der Waals surface area contributed by atoms with Gasteiger partial charge in [-0.05, 0) is 79.8 Å². The highest BCUT2D eigenvalue weighted by Crippen LogP contribution is 2.27. The third-order valence-corrected chi connectivity index (χ3v) is 5.59. The van der Waals surface area contributed by atoms with Gasteiger partial charge in [0.05, 0.1) is 0 Å². The molecule has 1 fully saturated rings. The van der Waals surface area contributed by atoms with Gasteiger partial charge in [-0.3, -0.25) is 4.79 Å². The standard InChI is InChI=1S/C25H26N2O2/c1-18-5-2-3-16-27(18)23-7-4-6-22(17-23)26-25(29)21-10-8-19(9-11-21)20-12-14-24(28)15-13-20/h4,6-15,17-18,28H,2-3,5,16H2,1H3,(H,26,29). The van der Waals surface area contributed by atoms with Crippen molar-refractivity contribution in [3.05, 3.63) is 78.4 Å². The van der Waals surface area contributed by atoms with Crippen molar-refractivity contribution < 1.29 is 9.90 Å². The molecule has 3 aromatic carbocycles. The van der Waals surface area contributed by atoms with E-state index in [1.807, 2.05) is 48.5 Å². The van der Waals surface area contributed by atoms with Crippen molar-refractivity contribution in [1.82, 2.24) is 0 Å². The monoisotopic (exact) mass is 386 g/mol. The van der Waals surface area contributed by atoms with Gasteiger partial charge in [-0.15, -0.1) is 0 Å². The van der Waals surface area contributed by atoms with E-state index in [9.17, 15) is 9.90 Å². The summed E-state index contributed by atoms with van der Waals surface area (Å²) in [5, 5.41) is 12.4. The Morgan fingerprint density at radius 2 is 1.66 bits per heavy atom. The van der Waals surface area contributed by atoms with Crippen LogP contribution in [0.5, 0.6) is 5.75 Å². The number of piperidine rings is 1. The fourth-order valence-electron chi connectivity index (χ4n) is 3.92. The van der Waals surface area contributed by atoms with Crippen molar-refractivity contribution in [2.24, 2.45) is 0 Å². The normalized spacial score (nSPS) is 16.4. The van der Waals surface area contributed by atoms with Crippen molar-refractivity contribution in [3.8, 4) is 16.9 Å². The van der Waals surface area contributed by atoms with Gasteiger partial charge in [0.1, 0.15) is 5.75 Å². The Balaban J connectivity index is 1.46. The van der Waals surface area contributed by atoms with Crippen LogP contribution in [0.25, 0.3) is 11.1 Å². The van der Waals surface area contributed by atoms with Gasteiger partial charge in [-0.2, -0.15) is 0 Å². The quantitative estimate of drug-likeness (QED) is 0.606. The molecule has 4 rings (SSSR count). The van der Waals surface area contributed by atoms with Gasteiger partial charge in [0.25, 0.3) is 5.91 Å². The van der Waals surface area contributed by atoms with Gasteiger partial charge in [0, 0.05) is 29.5 Å². The maximum absolute atomic E-state index is 12.7. The first-order valence-electron chi connectivity index (χ1n) is 10.2. The lowest BCUT2D eigenvalue weighted by atomic mass is 10.0. The number of carbonyl (C=O) groups is 1. The van der Waals surface area contributed by atoms with E-state index in [-0.39, 0.29) is 11.7 Å². The third-order valence-electron chi connectivity index (χ3n) is 5.59. The van der Waals surface area contributed by atoms with Crippen LogP contribution >= 0.6 is 0 Å². The molecule has 29 heavy (non-hydrogen) atoms. The SMILES string of the molecule is CC1CCCCN1c1cccc(NC(=O)c2ccc(-c3ccc(O)cc3)cc2)c1. The highest BCUT2D eigenvalue weighted by molar-refractivity contribution is 6.04. The number of hydrogen-bond acceptors (Lipinski definition) is 3. The molecule has 148 valence electrons. The first-order chi connectivity index (χ1) is 14.1. The lowest BCUT2D eigenvalue weighted by Crippen LogP contribution is -2.37. The molecule has 1 unspecified atom stereocenters. The van der Waals surface area contributed by atoms with E-state index in [4.69, 9.17) is 0 Å². The van der Waals surface area contributed by atoms with Crippen LogP contribution in [0.1, 0.15) is 36.5 Å². The van der Waals surface area contributed by atoms with E-state index in [0.717, 1.165) is 29.0 Å². The minimum Gasteiger partial charge on any atom is -0.508 e. The van der Waals surface area contributed by atoms with Gasteiger partial charge >= 0.3 is 0 Å². The summed E-state index contributed by atoms with van der Waals surface area (Å²) in [6, 6.07) is 23.2. The maximum Gasteiger partial charge on any atom is 0.255 e. The van der Waals surface area contributed by atoms with Gasteiger partial charge in [-0.25, -0.2) is 0 Å². The average molecular weight is 386 g/mol. The van der Waals surface area contributed by atoms with E-state index >= 15 is 0 Å². The Kier molecular flexibility index (Phi) is 5.52. The number of hydrogen-bond donors (Lipinski definition) is 2. The average Bonchev–Trinajstić information content (AvgIpc) is 2.75. The van der Waals surface area contributed by atoms with Gasteiger partial charge in [-0.1, -0.05) is 30.3 Å². The van der Waals surface area contributed by atoms with Crippen LogP contribution in [0.2, 0.25) is 0 Å². The Morgan fingerprint density at radius 3 is 2.34 bits per heavy atom. The number of nitrogens with one attached hydrogen (secondary N) is 1. The molecule has 1 amide bonds. The predicted octanol–water partition coefficient (Wildman–Crippen LogP) is 5.69. The first kappa shape index (κ1) is 19.1. The van der Waals surface area contributed by atoms with E-state index < -0.39 is 0 Å². The van der Waals surface area contributed by atoms with Crippen LogP contribution in [0.15, 0.2) is 72.8 Å². The minimum absolute atomic E-state index is 0.119. The van der Waals surface area contributed by atoms with Crippen LogP contribution in [-0.2, 0) is 0 Å². The lowest BCUT2D eigenvalue weighted by molar-refractivity contribution is 0.102. The second-order valence-corrected chi connectivity index (χ2v) is 7.67. The zero-order chi connectivity index (χ0) is 20.2. The van der Waals surface area contributed by atoms with Crippen molar-refractivity contribution in [2.75, 3.05) is 16.8 Å². The smallest absolute Gasteiger partial charge is 0.255 e. The highest BCUT2D eigenvalue weighted by Gasteiger charge is 2.19. The second kappa shape index (κ2) is 8.39. The Bertz CT molecular complexity index is 980. The maximum atomic E-state index is 12.7. The molecule has 1 atom stereocenters. The Labute approximate surface area is 171 Å². The van der Waals surface area contributed by atoms with Crippen molar-refractivity contribution >= 4 is 17.3 Å². The summed E-state index contributed by atoms with van der Waals surface area (Å²) < 4.78 is 0. The molecule has 0 bridgehead atoms. The van der Waals surface area contributed by atoms with Gasteiger partial charge < -0.3 is 15.3 Å². The minimum atomic E-state index is -0.119. The van der Waals surface area contributed by atoms with E-state index in [1.54, 1.807) is 12.1 Å². The van der Waals surface area contributed by atoms with Crippen LogP contribution in [0.3, 0.4) is 0 Å². The zero-order valence-corrected chi connectivity index (χ0v) is 16.6. The molecular formula is C25H26N2O2. The first-order valence-corrected chi connectivity index (χ1v) is 10.2. The molecule has 4 nitrogen and oxygen atoms in total. The second-order valence-electron chi connectivity index (χ2n) is 7.67. The zero-order valence-electron chi connectivity index (χ0n) is 16.6. The van der Waals surface area contributed by atoms with Crippen LogP contribution in [0.4, 0.5) is 11.4 Å². The van der Waals surface area contributed by atoms with Crippen LogP contribution in [0, 0.1) is 0 Å². The number of phenolic OH excluding ortho intramolecular Hbond substituents is 1. The number of carbonyl (C=O) groups excluding carboxylic acids is 1. The van der Waals surface area contributed by atoms with Crippen molar-refractivity contribution in [3.63, 3.8) is 0 Å². The molecule has 0 radical (unpaired) electrons. The predicted molar refractivity (Wildman–Crippen MR) is 119 cm³/mol. The number of phenols is 1. The number of aromatic hydroxyl groups is 1. The number of amides is 1. The number of rotatable bonds is 4. The van der Waals surface area contributed by atoms with E-state index in [1.165, 1.54) is 19.3 Å². The van der Waals surface area contributed by atoms with E-state index in [0.29, 0.717) is 11.6 Å². The lowest BCUT2D eigenvalue weighted by Gasteiger charge is -2.35. The molecule has 4 heteroatoms. The Hall–Kier alpha value is -3.27. The number of nitrogens with zero attached hydrogens (tertiary/aromatic N) is 1. The summed E-state index contributed by atoms with van der Waals surface area (Å²) in [7, 11) is 0. The molecule has 0 aromatic heterocycles. The van der Waals surface area contributed by atoms with E-state index in [2.05, 4.69) is 29.3 Å². The molecule has 1 heterocycles. The summed E-state index contributed by atoms with van der Waals surface area (Å²) in [5.41, 5.74) is 4.59. The van der Waals surface area contributed by atoms with Crippen LogP contribution < -0.4 is 10.2 Å². The molecule has 1 aliphatic rings. The largest absolute Gasteiger partial charge is 0.508 e. The van der Waals surface area contributed by atoms with Gasteiger partial charge in [0.2, 0.25) is 0 Å². The fraction of sp³-hybridized carbons (Fsp3) is 0.240. The summed E-state index contributed by atoms with van der Waals surface area (Å²) >= 11 is 0. The number of benzene rings is 3. The summed E-state index contributed by atoms with van der Waals surface area (Å²) in [6.07, 6.45) is 3.71. The molecule has 0 spiro atoms. The summed E-state index contributed by atoms with van der Waals surface area (Å²) in [6.45, 7) is 3.33. The van der Waals surface area contributed by atoms with Crippen molar-refractivity contribution in [1.29, 1.82) is 0 Å². The van der Waals surface area contributed by atoms with Gasteiger partial charge in [0.15, 0.2) is 0 Å². The molecule has 0 aliphatic carbocycles. The Morgan fingerprint density at radius 1 is 0.966 bits per heavy atom. The third kappa shape index (κ3) is 4.43. The molecule has 1 saturated heterocycles. The molecule has 1 aliphatic heterocycles. The van der Waals surface area contributed by atoms with Crippen LogP contribution in [-0.4, -0.2) is 23.6 Å². The highest BCUT2D eigenvalue weighted by atomic mass is 16.3. The fourth-order valence-corrected chi connectivity index (χ4v) is 3.92. The summed E-state index contributed by atoms with van der Waals surface area (Å²) in [5.74, 6) is 0.122. The molecule has 3 aromatic rings. The molecular weight excluding hydrogens is 360 g/mol.